The lowest BCUT2D eigenvalue weighted by molar-refractivity contribution is 0.0780. The van der Waals surface area contributed by atoms with Crippen molar-refractivity contribution in [2.45, 2.75) is 25.7 Å². The summed E-state index contributed by atoms with van der Waals surface area (Å²) in [4.78, 5) is 8.72. The van der Waals surface area contributed by atoms with E-state index in [1.165, 1.54) is 0 Å². The second-order valence-corrected chi connectivity index (χ2v) is 4.84. The highest BCUT2D eigenvalue weighted by Gasteiger charge is 2.20. The van der Waals surface area contributed by atoms with Gasteiger partial charge in [0.15, 0.2) is 0 Å². The van der Waals surface area contributed by atoms with Gasteiger partial charge in [-0.15, -0.1) is 0 Å². The Labute approximate surface area is 102 Å². The molecule has 0 spiro atoms. The van der Waals surface area contributed by atoms with Crippen LogP contribution in [0.3, 0.4) is 0 Å². The molecule has 0 amide bonds. The maximum absolute atomic E-state index is 6.00. The summed E-state index contributed by atoms with van der Waals surface area (Å²) in [6.45, 7) is 3.47. The molecule has 1 atom stereocenters. The van der Waals surface area contributed by atoms with E-state index in [1.54, 1.807) is 0 Å². The molecule has 82 valence electrons. The Kier molecular flexibility index (Phi) is 3.59. The molecule has 2 heterocycles. The lowest BCUT2D eigenvalue weighted by Gasteiger charge is -2.21. The summed E-state index contributed by atoms with van der Waals surface area (Å²) in [7, 11) is 0. The SMILES string of the molecule is Cc1nc(C2CCCOC2)nc(Cl)c1Br. The number of hydrogen-bond acceptors (Lipinski definition) is 3. The molecule has 3 nitrogen and oxygen atoms in total. The predicted octanol–water partition coefficient (Wildman–Crippen LogP) is 3.09. The van der Waals surface area contributed by atoms with Crippen molar-refractivity contribution < 1.29 is 4.74 Å². The fourth-order valence-corrected chi connectivity index (χ4v) is 2.07. The van der Waals surface area contributed by atoms with Gasteiger partial charge in [-0.25, -0.2) is 9.97 Å². The minimum atomic E-state index is 0.294. The molecule has 1 aliphatic heterocycles. The lowest BCUT2D eigenvalue weighted by atomic mass is 10.0. The first-order valence-electron chi connectivity index (χ1n) is 4.95. The molecule has 0 aliphatic carbocycles. The lowest BCUT2D eigenvalue weighted by Crippen LogP contribution is -2.18. The van der Waals surface area contributed by atoms with Crippen molar-refractivity contribution in [3.63, 3.8) is 0 Å². The highest BCUT2D eigenvalue weighted by atomic mass is 79.9. The van der Waals surface area contributed by atoms with Crippen LogP contribution in [0.1, 0.15) is 30.3 Å². The molecule has 0 radical (unpaired) electrons. The normalized spacial score (nSPS) is 21.7. The van der Waals surface area contributed by atoms with Crippen molar-refractivity contribution in [1.29, 1.82) is 0 Å². The maximum Gasteiger partial charge on any atom is 0.147 e. The molecular weight excluding hydrogens is 279 g/mol. The van der Waals surface area contributed by atoms with Crippen molar-refractivity contribution in [3.8, 4) is 0 Å². The zero-order valence-electron chi connectivity index (χ0n) is 8.46. The van der Waals surface area contributed by atoms with Gasteiger partial charge >= 0.3 is 0 Å². The molecule has 1 aromatic rings. The predicted molar refractivity (Wildman–Crippen MR) is 62.3 cm³/mol. The molecular formula is C10H12BrClN2O. The number of ether oxygens (including phenoxy) is 1. The number of halogens is 2. The minimum Gasteiger partial charge on any atom is -0.381 e. The Morgan fingerprint density at radius 3 is 2.87 bits per heavy atom. The molecule has 1 saturated heterocycles. The Morgan fingerprint density at radius 2 is 2.27 bits per heavy atom. The zero-order chi connectivity index (χ0) is 10.8. The third-order valence-electron chi connectivity index (χ3n) is 2.52. The molecule has 0 saturated carbocycles. The van der Waals surface area contributed by atoms with E-state index in [0.717, 1.165) is 35.4 Å². The minimum absolute atomic E-state index is 0.294. The Balaban J connectivity index is 2.27. The topological polar surface area (TPSA) is 35.0 Å². The molecule has 1 aliphatic rings. The summed E-state index contributed by atoms with van der Waals surface area (Å²) in [5.74, 6) is 1.10. The van der Waals surface area contributed by atoms with Crippen LogP contribution in [0.4, 0.5) is 0 Å². The summed E-state index contributed by atoms with van der Waals surface area (Å²) in [5.41, 5.74) is 0.885. The largest absolute Gasteiger partial charge is 0.381 e. The summed E-state index contributed by atoms with van der Waals surface area (Å²) in [6, 6.07) is 0. The van der Waals surface area contributed by atoms with E-state index < -0.39 is 0 Å². The number of aromatic nitrogens is 2. The molecule has 1 fully saturated rings. The van der Waals surface area contributed by atoms with Crippen LogP contribution < -0.4 is 0 Å². The van der Waals surface area contributed by atoms with E-state index in [2.05, 4.69) is 25.9 Å². The quantitative estimate of drug-likeness (QED) is 0.746. The molecule has 15 heavy (non-hydrogen) atoms. The van der Waals surface area contributed by atoms with Gasteiger partial charge in [0, 0.05) is 12.5 Å². The Hall–Kier alpha value is -0.190. The van der Waals surface area contributed by atoms with E-state index in [-0.39, 0.29) is 0 Å². The van der Waals surface area contributed by atoms with Crippen LogP contribution in [0.2, 0.25) is 5.15 Å². The molecule has 1 unspecified atom stereocenters. The van der Waals surface area contributed by atoms with Crippen molar-refractivity contribution in [3.05, 3.63) is 21.1 Å². The van der Waals surface area contributed by atoms with Gasteiger partial charge in [-0.2, -0.15) is 0 Å². The molecule has 0 aromatic carbocycles. The van der Waals surface area contributed by atoms with Crippen LogP contribution in [0.25, 0.3) is 0 Å². The van der Waals surface area contributed by atoms with Crippen molar-refractivity contribution >= 4 is 27.5 Å². The maximum atomic E-state index is 6.00. The second kappa shape index (κ2) is 4.76. The van der Waals surface area contributed by atoms with Gasteiger partial charge in [0.05, 0.1) is 16.8 Å². The van der Waals surface area contributed by atoms with Crippen LogP contribution in [0.5, 0.6) is 0 Å². The Morgan fingerprint density at radius 1 is 1.47 bits per heavy atom. The van der Waals surface area contributed by atoms with Gasteiger partial charge in [0.1, 0.15) is 11.0 Å². The number of rotatable bonds is 1. The molecule has 0 bridgehead atoms. The third kappa shape index (κ3) is 2.49. The van der Waals surface area contributed by atoms with Crippen LogP contribution in [0.15, 0.2) is 4.47 Å². The first-order valence-corrected chi connectivity index (χ1v) is 6.13. The van der Waals surface area contributed by atoms with Crippen LogP contribution >= 0.6 is 27.5 Å². The molecule has 5 heteroatoms. The van der Waals surface area contributed by atoms with E-state index in [4.69, 9.17) is 16.3 Å². The van der Waals surface area contributed by atoms with E-state index in [0.29, 0.717) is 17.7 Å². The van der Waals surface area contributed by atoms with E-state index >= 15 is 0 Å². The third-order valence-corrected chi connectivity index (χ3v) is 3.97. The van der Waals surface area contributed by atoms with Crippen molar-refractivity contribution in [2.24, 2.45) is 0 Å². The fraction of sp³-hybridized carbons (Fsp3) is 0.600. The van der Waals surface area contributed by atoms with E-state index in [9.17, 15) is 0 Å². The van der Waals surface area contributed by atoms with Gasteiger partial charge in [-0.3, -0.25) is 0 Å². The number of nitrogens with zero attached hydrogens (tertiary/aromatic N) is 2. The first kappa shape index (κ1) is 11.3. The summed E-state index contributed by atoms with van der Waals surface area (Å²) >= 11 is 9.35. The molecule has 1 aromatic heterocycles. The van der Waals surface area contributed by atoms with Crippen LogP contribution in [-0.4, -0.2) is 23.2 Å². The van der Waals surface area contributed by atoms with Crippen LogP contribution in [0, 0.1) is 6.92 Å². The first-order chi connectivity index (χ1) is 7.18. The smallest absolute Gasteiger partial charge is 0.147 e. The zero-order valence-corrected chi connectivity index (χ0v) is 10.8. The number of hydrogen-bond donors (Lipinski definition) is 0. The number of aryl methyl sites for hydroxylation is 1. The Bertz CT molecular complexity index is 343. The van der Waals surface area contributed by atoms with Gasteiger partial charge in [-0.05, 0) is 35.7 Å². The van der Waals surface area contributed by atoms with Gasteiger partial charge in [0.25, 0.3) is 0 Å². The van der Waals surface area contributed by atoms with Crippen LogP contribution in [-0.2, 0) is 4.74 Å². The monoisotopic (exact) mass is 290 g/mol. The summed E-state index contributed by atoms with van der Waals surface area (Å²) < 4.78 is 6.19. The fourth-order valence-electron chi connectivity index (χ4n) is 1.67. The average Bonchev–Trinajstić information content (AvgIpc) is 2.26. The standard InChI is InChI=1S/C10H12BrClN2O/c1-6-8(11)9(12)14-10(13-6)7-3-2-4-15-5-7/h7H,2-5H2,1H3. The van der Waals surface area contributed by atoms with Crippen molar-refractivity contribution in [1.82, 2.24) is 9.97 Å². The van der Waals surface area contributed by atoms with Gasteiger partial charge < -0.3 is 4.74 Å². The van der Waals surface area contributed by atoms with Gasteiger partial charge in [-0.1, -0.05) is 11.6 Å². The highest BCUT2D eigenvalue weighted by Crippen LogP contribution is 2.28. The van der Waals surface area contributed by atoms with Crippen molar-refractivity contribution in [2.75, 3.05) is 13.2 Å². The van der Waals surface area contributed by atoms with Gasteiger partial charge in [0.2, 0.25) is 0 Å². The molecule has 2 rings (SSSR count). The summed E-state index contributed by atoms with van der Waals surface area (Å²) in [5, 5.41) is 0.489. The van der Waals surface area contributed by atoms with E-state index in [1.807, 2.05) is 6.92 Å². The second-order valence-electron chi connectivity index (χ2n) is 3.69. The highest BCUT2D eigenvalue weighted by molar-refractivity contribution is 9.10. The summed E-state index contributed by atoms with van der Waals surface area (Å²) in [6.07, 6.45) is 2.15. The average molecular weight is 292 g/mol. The molecule has 0 N–H and O–H groups in total.